The highest BCUT2D eigenvalue weighted by atomic mass is 35.5. The summed E-state index contributed by atoms with van der Waals surface area (Å²) in [5.41, 5.74) is 0.334. The van der Waals surface area contributed by atoms with E-state index in [1.54, 1.807) is 0 Å². The predicted octanol–water partition coefficient (Wildman–Crippen LogP) is 1.92. The van der Waals surface area contributed by atoms with E-state index in [4.69, 9.17) is 21.4 Å². The lowest BCUT2D eigenvalue weighted by Gasteiger charge is -2.02. The highest BCUT2D eigenvalue weighted by molar-refractivity contribution is 7.51. The second-order valence-corrected chi connectivity index (χ2v) is 6.04. The molecule has 0 bridgehead atoms. The molecule has 19 heavy (non-hydrogen) atoms. The van der Waals surface area contributed by atoms with E-state index in [-0.39, 0.29) is 29.0 Å². The van der Waals surface area contributed by atoms with Crippen LogP contribution in [0.3, 0.4) is 0 Å². The molecular weight excluding hydrogens is 296 g/mol. The Morgan fingerprint density at radius 3 is 2.79 bits per heavy atom. The number of rotatable bonds is 4. The van der Waals surface area contributed by atoms with Gasteiger partial charge in [-0.2, -0.15) is 0 Å². The fourth-order valence-electron chi connectivity index (χ4n) is 1.50. The van der Waals surface area contributed by atoms with Crippen LogP contribution >= 0.6 is 19.2 Å². The molecule has 2 aromatic rings. The maximum atomic E-state index is 13.6. The minimum atomic E-state index is -4.10. The lowest BCUT2D eigenvalue weighted by atomic mass is 10.1. The first-order chi connectivity index (χ1) is 8.87. The Morgan fingerprint density at radius 2 is 2.16 bits per heavy atom. The van der Waals surface area contributed by atoms with Crippen LogP contribution in [0, 0.1) is 5.82 Å². The minimum absolute atomic E-state index is 0.0106. The van der Waals surface area contributed by atoms with Crippen LogP contribution in [-0.2, 0) is 11.1 Å². The van der Waals surface area contributed by atoms with Crippen molar-refractivity contribution in [2.45, 2.75) is 6.54 Å². The van der Waals surface area contributed by atoms with Crippen LogP contribution in [-0.4, -0.2) is 30.9 Å². The summed E-state index contributed by atoms with van der Waals surface area (Å²) in [7, 11) is -4.10. The van der Waals surface area contributed by atoms with Crippen molar-refractivity contribution < 1.29 is 18.7 Å². The minimum Gasteiger partial charge on any atom is -0.324 e. The van der Waals surface area contributed by atoms with Crippen molar-refractivity contribution in [1.29, 1.82) is 0 Å². The molecule has 102 valence electrons. The number of hydrogen-bond donors (Lipinski definition) is 2. The summed E-state index contributed by atoms with van der Waals surface area (Å²) in [6.07, 6.45) is 1.03. The van der Waals surface area contributed by atoms with Gasteiger partial charge >= 0.3 is 7.60 Å². The molecule has 0 aliphatic heterocycles. The van der Waals surface area contributed by atoms with E-state index in [1.165, 1.54) is 29.1 Å². The molecule has 6 nitrogen and oxygen atoms in total. The van der Waals surface area contributed by atoms with Crippen molar-refractivity contribution in [1.82, 2.24) is 15.0 Å². The smallest absolute Gasteiger partial charge is 0.324 e. The maximum Gasteiger partial charge on any atom is 0.327 e. The fourth-order valence-corrected chi connectivity index (χ4v) is 2.22. The van der Waals surface area contributed by atoms with E-state index in [1.807, 2.05) is 0 Å². The molecule has 2 N–H and O–H groups in total. The van der Waals surface area contributed by atoms with E-state index >= 15 is 0 Å². The van der Waals surface area contributed by atoms with Crippen molar-refractivity contribution in [2.24, 2.45) is 0 Å². The van der Waals surface area contributed by atoms with Gasteiger partial charge in [0.05, 0.1) is 29.5 Å². The Hall–Kier alpha value is -1.27. The molecule has 0 aliphatic rings. The molecule has 1 aromatic carbocycles. The molecule has 0 fully saturated rings. The van der Waals surface area contributed by atoms with E-state index in [0.717, 1.165) is 0 Å². The molecule has 0 atom stereocenters. The molecule has 1 aromatic heterocycles. The topological polar surface area (TPSA) is 88.2 Å². The van der Waals surface area contributed by atoms with Crippen LogP contribution in [0.15, 0.2) is 24.4 Å². The lowest BCUT2D eigenvalue weighted by Crippen LogP contribution is -2.03. The van der Waals surface area contributed by atoms with E-state index in [0.29, 0.717) is 0 Å². The molecule has 0 spiro atoms. The largest absolute Gasteiger partial charge is 0.327 e. The van der Waals surface area contributed by atoms with Gasteiger partial charge in [0.2, 0.25) is 0 Å². The molecule has 1 heterocycles. The molecule has 9 heteroatoms. The van der Waals surface area contributed by atoms with Crippen molar-refractivity contribution in [3.05, 3.63) is 35.2 Å². The summed E-state index contributed by atoms with van der Waals surface area (Å²) in [6, 6.07) is 4.24. The third-order valence-corrected chi connectivity index (χ3v) is 3.48. The number of nitrogens with zero attached hydrogens (tertiary/aromatic N) is 3. The first-order valence-electron chi connectivity index (χ1n) is 5.26. The number of aryl methyl sites for hydroxylation is 1. The fraction of sp³-hybridized carbons (Fsp3) is 0.200. The quantitative estimate of drug-likeness (QED) is 0.842. The zero-order valence-corrected chi connectivity index (χ0v) is 11.2. The number of hydrogen-bond acceptors (Lipinski definition) is 3. The standard InChI is InChI=1S/C10H10ClFN3O3P/c11-7-2-1-3-8(12)10(7)9-6-15(14-13-9)4-5-19(16,17)18/h1-3,6H,4-5H2,(H2,16,17,18). The molecule has 0 radical (unpaired) electrons. The Kier molecular flexibility index (Phi) is 4.01. The first kappa shape index (κ1) is 14.1. The monoisotopic (exact) mass is 305 g/mol. The summed E-state index contributed by atoms with van der Waals surface area (Å²) >= 11 is 5.88. The van der Waals surface area contributed by atoms with Crippen molar-refractivity contribution >= 4 is 19.2 Å². The zero-order chi connectivity index (χ0) is 14.0. The van der Waals surface area contributed by atoms with Gasteiger partial charge in [-0.25, -0.2) is 4.39 Å². The summed E-state index contributed by atoms with van der Waals surface area (Å²) in [4.78, 5) is 17.5. The van der Waals surface area contributed by atoms with Gasteiger partial charge in [0.25, 0.3) is 0 Å². The lowest BCUT2D eigenvalue weighted by molar-refractivity contribution is 0.368. The summed E-state index contributed by atoms with van der Waals surface area (Å²) < 4.78 is 25.6. The average Bonchev–Trinajstić information content (AvgIpc) is 2.74. The van der Waals surface area contributed by atoms with Crippen LogP contribution in [0.1, 0.15) is 0 Å². The Bertz CT molecular complexity index is 622. The average molecular weight is 306 g/mol. The Morgan fingerprint density at radius 1 is 1.42 bits per heavy atom. The second kappa shape index (κ2) is 5.38. The summed E-state index contributed by atoms with van der Waals surface area (Å²) in [5.74, 6) is -0.533. The predicted molar refractivity (Wildman–Crippen MR) is 67.3 cm³/mol. The normalized spacial score (nSPS) is 11.8. The van der Waals surface area contributed by atoms with Crippen LogP contribution in [0.5, 0.6) is 0 Å². The van der Waals surface area contributed by atoms with Crippen LogP contribution < -0.4 is 0 Å². The van der Waals surface area contributed by atoms with E-state index < -0.39 is 13.4 Å². The van der Waals surface area contributed by atoms with Crippen LogP contribution in [0.4, 0.5) is 4.39 Å². The Labute approximate surface area is 113 Å². The van der Waals surface area contributed by atoms with Crippen molar-refractivity contribution in [2.75, 3.05) is 6.16 Å². The molecule has 2 rings (SSSR count). The first-order valence-corrected chi connectivity index (χ1v) is 7.43. The third-order valence-electron chi connectivity index (χ3n) is 2.38. The van der Waals surface area contributed by atoms with Gasteiger partial charge in [0.15, 0.2) is 0 Å². The SMILES string of the molecule is O=P(O)(O)CCn1cc(-c2c(F)cccc2Cl)nn1. The van der Waals surface area contributed by atoms with Crippen molar-refractivity contribution in [3.8, 4) is 11.3 Å². The molecular formula is C10H10ClFN3O3P. The van der Waals surface area contributed by atoms with Gasteiger partial charge < -0.3 is 9.79 Å². The second-order valence-electron chi connectivity index (χ2n) is 3.85. The Balaban J connectivity index is 2.24. The van der Waals surface area contributed by atoms with Gasteiger partial charge in [-0.05, 0) is 12.1 Å². The highest BCUT2D eigenvalue weighted by Gasteiger charge is 2.16. The molecule has 0 saturated heterocycles. The zero-order valence-electron chi connectivity index (χ0n) is 9.57. The van der Waals surface area contributed by atoms with E-state index in [2.05, 4.69) is 10.3 Å². The van der Waals surface area contributed by atoms with Gasteiger partial charge in [-0.1, -0.05) is 22.9 Å². The van der Waals surface area contributed by atoms with Crippen LogP contribution in [0.25, 0.3) is 11.3 Å². The highest BCUT2D eigenvalue weighted by Crippen LogP contribution is 2.34. The number of aromatic nitrogens is 3. The van der Waals surface area contributed by atoms with Crippen molar-refractivity contribution in [3.63, 3.8) is 0 Å². The number of benzene rings is 1. The van der Waals surface area contributed by atoms with Gasteiger partial charge in [0.1, 0.15) is 11.5 Å². The maximum absolute atomic E-state index is 13.6. The molecule has 0 aliphatic carbocycles. The summed E-state index contributed by atoms with van der Waals surface area (Å²) in [6.45, 7) is -0.0106. The molecule has 0 saturated carbocycles. The van der Waals surface area contributed by atoms with Gasteiger partial charge in [-0.3, -0.25) is 9.25 Å². The molecule has 0 amide bonds. The van der Waals surface area contributed by atoms with Gasteiger partial charge in [-0.15, -0.1) is 5.10 Å². The third kappa shape index (κ3) is 3.61. The van der Waals surface area contributed by atoms with Crippen LogP contribution in [0.2, 0.25) is 5.02 Å². The van der Waals surface area contributed by atoms with Gasteiger partial charge in [0, 0.05) is 0 Å². The molecule has 0 unspecified atom stereocenters. The van der Waals surface area contributed by atoms with E-state index in [9.17, 15) is 8.96 Å². The summed E-state index contributed by atoms with van der Waals surface area (Å²) in [5, 5.41) is 7.62. The number of halogens is 2.